The second-order valence-electron chi connectivity index (χ2n) is 7.44. The Kier molecular flexibility index (Phi) is 6.07. The molecule has 130 valence electrons. The van der Waals surface area contributed by atoms with Gasteiger partial charge in [0.15, 0.2) is 0 Å². The van der Waals surface area contributed by atoms with Gasteiger partial charge in [0, 0.05) is 24.3 Å². The number of rotatable bonds is 6. The smallest absolute Gasteiger partial charge is 0.271 e. The third-order valence-corrected chi connectivity index (χ3v) is 4.28. The van der Waals surface area contributed by atoms with Crippen LogP contribution in [0.25, 0.3) is 0 Å². The van der Waals surface area contributed by atoms with Gasteiger partial charge in [0.25, 0.3) is 5.91 Å². The van der Waals surface area contributed by atoms with Crippen molar-refractivity contribution in [3.8, 4) is 0 Å². The first-order chi connectivity index (χ1) is 11.2. The zero-order valence-electron chi connectivity index (χ0n) is 15.0. The van der Waals surface area contributed by atoms with Crippen molar-refractivity contribution in [2.75, 3.05) is 14.1 Å². The molecule has 0 spiro atoms. The lowest BCUT2D eigenvalue weighted by atomic mass is 9.86. The molecule has 2 heterocycles. The molecule has 2 aromatic heterocycles. The molecular weight excluding hydrogens is 320 g/mol. The molecule has 0 radical (unpaired) electrons. The fourth-order valence-electron chi connectivity index (χ4n) is 2.44. The second-order valence-corrected chi connectivity index (χ2v) is 8.38. The summed E-state index contributed by atoms with van der Waals surface area (Å²) >= 11 is 1.52. The van der Waals surface area contributed by atoms with Crippen molar-refractivity contribution in [1.29, 1.82) is 0 Å². The lowest BCUT2D eigenvalue weighted by Gasteiger charge is -2.26. The van der Waals surface area contributed by atoms with Crippen LogP contribution in [-0.4, -0.2) is 34.9 Å². The second kappa shape index (κ2) is 7.85. The molecule has 1 N–H and O–H groups in total. The largest absolute Gasteiger partial charge is 0.344 e. The zero-order chi connectivity index (χ0) is 17.7. The van der Waals surface area contributed by atoms with Gasteiger partial charge in [-0.05, 0) is 37.6 Å². The molecule has 6 heteroatoms. The van der Waals surface area contributed by atoms with E-state index in [-0.39, 0.29) is 17.4 Å². The number of nitrogens with one attached hydrogen (secondary N) is 1. The zero-order valence-corrected chi connectivity index (χ0v) is 15.9. The highest BCUT2D eigenvalue weighted by molar-refractivity contribution is 7.09. The van der Waals surface area contributed by atoms with E-state index in [1.165, 1.54) is 11.3 Å². The lowest BCUT2D eigenvalue weighted by Crippen LogP contribution is -2.31. The number of hydrogen-bond acceptors (Lipinski definition) is 5. The van der Waals surface area contributed by atoms with E-state index in [9.17, 15) is 4.79 Å². The molecule has 2 aromatic rings. The highest BCUT2D eigenvalue weighted by Gasteiger charge is 2.23. The molecule has 1 amide bonds. The molecule has 1 unspecified atom stereocenters. The Hall–Kier alpha value is -1.79. The SMILES string of the molecule is CN(C)Cc1nc(C(=O)NC(CC(C)(C)C)c2cccnc2)cs1. The van der Waals surface area contributed by atoms with Crippen LogP contribution >= 0.6 is 11.3 Å². The van der Waals surface area contributed by atoms with E-state index >= 15 is 0 Å². The van der Waals surface area contributed by atoms with Crippen molar-refractivity contribution in [2.24, 2.45) is 5.41 Å². The van der Waals surface area contributed by atoms with Crippen molar-refractivity contribution < 1.29 is 4.79 Å². The third-order valence-electron chi connectivity index (χ3n) is 3.44. The summed E-state index contributed by atoms with van der Waals surface area (Å²) < 4.78 is 0. The number of aromatic nitrogens is 2. The number of nitrogens with zero attached hydrogens (tertiary/aromatic N) is 3. The Morgan fingerprint density at radius 3 is 2.71 bits per heavy atom. The average Bonchev–Trinajstić information content (AvgIpc) is 2.94. The van der Waals surface area contributed by atoms with E-state index in [4.69, 9.17) is 0 Å². The minimum absolute atomic E-state index is 0.0785. The quantitative estimate of drug-likeness (QED) is 0.869. The fourth-order valence-corrected chi connectivity index (χ4v) is 3.33. The summed E-state index contributed by atoms with van der Waals surface area (Å²) in [5.74, 6) is -0.130. The van der Waals surface area contributed by atoms with Crippen LogP contribution in [0.1, 0.15) is 54.3 Å². The molecule has 0 saturated carbocycles. The molecule has 2 rings (SSSR count). The van der Waals surface area contributed by atoms with E-state index in [1.807, 2.05) is 42.7 Å². The van der Waals surface area contributed by atoms with E-state index in [0.717, 1.165) is 23.5 Å². The number of carbonyl (C=O) groups is 1. The number of hydrogen-bond donors (Lipinski definition) is 1. The van der Waals surface area contributed by atoms with Gasteiger partial charge in [-0.3, -0.25) is 9.78 Å². The summed E-state index contributed by atoms with van der Waals surface area (Å²) in [6.07, 6.45) is 4.39. The summed E-state index contributed by atoms with van der Waals surface area (Å²) in [7, 11) is 3.98. The van der Waals surface area contributed by atoms with Crippen LogP contribution in [-0.2, 0) is 6.54 Å². The van der Waals surface area contributed by atoms with Gasteiger partial charge < -0.3 is 10.2 Å². The Bertz CT molecular complexity index is 661. The highest BCUT2D eigenvalue weighted by Crippen LogP contribution is 2.29. The van der Waals surface area contributed by atoms with Gasteiger partial charge >= 0.3 is 0 Å². The fraction of sp³-hybridized carbons (Fsp3) is 0.500. The molecule has 0 aliphatic rings. The van der Waals surface area contributed by atoms with Gasteiger partial charge in [0.05, 0.1) is 6.04 Å². The van der Waals surface area contributed by atoms with Gasteiger partial charge in [0.2, 0.25) is 0 Å². The molecule has 24 heavy (non-hydrogen) atoms. The molecule has 0 bridgehead atoms. The van der Waals surface area contributed by atoms with Gasteiger partial charge in [-0.1, -0.05) is 26.8 Å². The summed E-state index contributed by atoms with van der Waals surface area (Å²) in [6, 6.07) is 3.82. The molecule has 5 nitrogen and oxygen atoms in total. The summed E-state index contributed by atoms with van der Waals surface area (Å²) in [5, 5.41) is 5.89. The van der Waals surface area contributed by atoms with Crippen molar-refractivity contribution in [1.82, 2.24) is 20.2 Å². The molecule has 0 saturated heterocycles. The normalized spacial score (nSPS) is 13.1. The lowest BCUT2D eigenvalue weighted by molar-refractivity contribution is 0.0921. The van der Waals surface area contributed by atoms with Gasteiger partial charge in [-0.15, -0.1) is 11.3 Å². The topological polar surface area (TPSA) is 58.1 Å². The number of amides is 1. The van der Waals surface area contributed by atoms with E-state index in [0.29, 0.717) is 5.69 Å². The number of thiazole rings is 1. The van der Waals surface area contributed by atoms with E-state index < -0.39 is 0 Å². The first-order valence-electron chi connectivity index (χ1n) is 8.04. The van der Waals surface area contributed by atoms with Crippen LogP contribution in [0.3, 0.4) is 0 Å². The van der Waals surface area contributed by atoms with Crippen LogP contribution < -0.4 is 5.32 Å². The Morgan fingerprint density at radius 2 is 2.12 bits per heavy atom. The van der Waals surface area contributed by atoms with Gasteiger partial charge in [-0.2, -0.15) is 0 Å². The molecule has 0 aromatic carbocycles. The Morgan fingerprint density at radius 1 is 1.38 bits per heavy atom. The molecule has 1 atom stereocenters. The minimum atomic E-state index is -0.130. The van der Waals surface area contributed by atoms with Crippen molar-refractivity contribution in [3.05, 3.63) is 46.2 Å². The average molecular weight is 346 g/mol. The van der Waals surface area contributed by atoms with Crippen molar-refractivity contribution in [2.45, 2.75) is 39.8 Å². The maximum Gasteiger partial charge on any atom is 0.271 e. The summed E-state index contributed by atoms with van der Waals surface area (Å²) in [5.41, 5.74) is 1.59. The predicted octanol–water partition coefficient (Wildman–Crippen LogP) is 3.51. The first-order valence-corrected chi connectivity index (χ1v) is 8.92. The third kappa shape index (κ3) is 5.69. The Balaban J connectivity index is 2.13. The monoisotopic (exact) mass is 346 g/mol. The molecule has 0 aliphatic carbocycles. The van der Waals surface area contributed by atoms with Crippen LogP contribution in [0.5, 0.6) is 0 Å². The summed E-state index contributed by atoms with van der Waals surface area (Å²) in [6.45, 7) is 7.24. The van der Waals surface area contributed by atoms with Crippen LogP contribution in [0.15, 0.2) is 29.9 Å². The van der Waals surface area contributed by atoms with E-state index in [1.54, 1.807) is 6.20 Å². The van der Waals surface area contributed by atoms with Gasteiger partial charge in [0.1, 0.15) is 10.7 Å². The standard InChI is InChI=1S/C18H26N4OS/c1-18(2,3)9-14(13-7-6-8-19-10-13)21-17(23)15-12-24-16(20-15)11-22(4)5/h6-8,10,12,14H,9,11H2,1-5H3,(H,21,23). The maximum absolute atomic E-state index is 12.6. The maximum atomic E-state index is 12.6. The van der Waals surface area contributed by atoms with Crippen LogP contribution in [0.4, 0.5) is 0 Å². The number of carbonyl (C=O) groups excluding carboxylic acids is 1. The molecular formula is C18H26N4OS. The van der Waals surface area contributed by atoms with Gasteiger partial charge in [-0.25, -0.2) is 4.98 Å². The van der Waals surface area contributed by atoms with Crippen LogP contribution in [0, 0.1) is 5.41 Å². The van der Waals surface area contributed by atoms with Crippen LogP contribution in [0.2, 0.25) is 0 Å². The number of pyridine rings is 1. The molecule has 0 fully saturated rings. The highest BCUT2D eigenvalue weighted by atomic mass is 32.1. The summed E-state index contributed by atoms with van der Waals surface area (Å²) in [4.78, 5) is 23.3. The predicted molar refractivity (Wildman–Crippen MR) is 98.0 cm³/mol. The minimum Gasteiger partial charge on any atom is -0.344 e. The van der Waals surface area contributed by atoms with Crippen molar-refractivity contribution in [3.63, 3.8) is 0 Å². The Labute approximate surface area is 148 Å². The first kappa shape index (κ1) is 18.5. The van der Waals surface area contributed by atoms with E-state index in [2.05, 4.69) is 36.1 Å². The van der Waals surface area contributed by atoms with Crippen molar-refractivity contribution >= 4 is 17.2 Å². The molecule has 0 aliphatic heterocycles.